The molecular formula is C14H17NO4S. The molecule has 1 aromatic rings. The SMILES string of the molecule is CC(=O)c1sc(C(C)(C)C)cc1NC(=O)/C=C/C(=O)O. The average Bonchev–Trinajstić information content (AvgIpc) is 2.70. The van der Waals surface area contributed by atoms with Crippen LogP contribution in [0.2, 0.25) is 0 Å². The van der Waals surface area contributed by atoms with Crippen molar-refractivity contribution in [2.75, 3.05) is 5.32 Å². The van der Waals surface area contributed by atoms with E-state index in [4.69, 9.17) is 5.11 Å². The van der Waals surface area contributed by atoms with Crippen LogP contribution in [0.3, 0.4) is 0 Å². The van der Waals surface area contributed by atoms with Crippen molar-refractivity contribution in [3.05, 3.63) is 28.0 Å². The Bertz CT molecular complexity index is 578. The zero-order valence-electron chi connectivity index (χ0n) is 11.8. The molecule has 0 atom stereocenters. The third kappa shape index (κ3) is 4.31. The van der Waals surface area contributed by atoms with E-state index in [-0.39, 0.29) is 11.2 Å². The summed E-state index contributed by atoms with van der Waals surface area (Å²) in [5.74, 6) is -1.91. The van der Waals surface area contributed by atoms with Crippen molar-refractivity contribution in [2.45, 2.75) is 33.1 Å². The molecular weight excluding hydrogens is 278 g/mol. The topological polar surface area (TPSA) is 83.5 Å². The lowest BCUT2D eigenvalue weighted by atomic mass is 9.94. The summed E-state index contributed by atoms with van der Waals surface area (Å²) in [6.07, 6.45) is 1.67. The van der Waals surface area contributed by atoms with Crippen molar-refractivity contribution >= 4 is 34.7 Å². The molecule has 0 aliphatic rings. The maximum atomic E-state index is 11.6. The number of hydrogen-bond donors (Lipinski definition) is 2. The van der Waals surface area contributed by atoms with Crippen LogP contribution in [0.5, 0.6) is 0 Å². The number of amides is 1. The molecule has 1 heterocycles. The quantitative estimate of drug-likeness (QED) is 0.661. The first-order chi connectivity index (χ1) is 9.11. The second-order valence-corrected chi connectivity index (χ2v) is 6.37. The Kier molecular flexibility index (Phi) is 4.83. The van der Waals surface area contributed by atoms with Gasteiger partial charge in [0, 0.05) is 24.0 Å². The molecule has 0 saturated carbocycles. The van der Waals surface area contributed by atoms with Gasteiger partial charge in [-0.15, -0.1) is 11.3 Å². The summed E-state index contributed by atoms with van der Waals surface area (Å²) in [6.45, 7) is 7.47. The van der Waals surface area contributed by atoms with Gasteiger partial charge in [0.15, 0.2) is 5.78 Å². The fraction of sp³-hybridized carbons (Fsp3) is 0.357. The Balaban J connectivity index is 3.05. The van der Waals surface area contributed by atoms with Gasteiger partial charge in [-0.05, 0) is 11.5 Å². The molecule has 6 heteroatoms. The van der Waals surface area contributed by atoms with E-state index in [1.807, 2.05) is 20.8 Å². The maximum absolute atomic E-state index is 11.6. The number of aliphatic carboxylic acids is 1. The first-order valence-corrected chi connectivity index (χ1v) is 6.80. The number of carboxylic acids is 1. The van der Waals surface area contributed by atoms with E-state index in [1.165, 1.54) is 18.3 Å². The molecule has 0 aliphatic carbocycles. The summed E-state index contributed by atoms with van der Waals surface area (Å²) >= 11 is 1.34. The van der Waals surface area contributed by atoms with E-state index in [2.05, 4.69) is 5.32 Å². The van der Waals surface area contributed by atoms with Crippen LogP contribution < -0.4 is 5.32 Å². The molecule has 0 aromatic carbocycles. The second kappa shape index (κ2) is 6.00. The van der Waals surface area contributed by atoms with Gasteiger partial charge in [0.05, 0.1) is 10.6 Å². The Morgan fingerprint density at radius 3 is 2.30 bits per heavy atom. The van der Waals surface area contributed by atoms with Crippen LogP contribution in [0.4, 0.5) is 5.69 Å². The number of carbonyl (C=O) groups excluding carboxylic acids is 2. The Hall–Kier alpha value is -1.95. The lowest BCUT2D eigenvalue weighted by Gasteiger charge is -2.15. The highest BCUT2D eigenvalue weighted by atomic mass is 32.1. The summed E-state index contributed by atoms with van der Waals surface area (Å²) in [4.78, 5) is 35.0. The van der Waals surface area contributed by atoms with E-state index in [0.29, 0.717) is 10.6 Å². The molecule has 0 radical (unpaired) electrons. The monoisotopic (exact) mass is 295 g/mol. The maximum Gasteiger partial charge on any atom is 0.328 e. The predicted octanol–water partition coefficient (Wildman–Crippen LogP) is 2.83. The van der Waals surface area contributed by atoms with E-state index in [0.717, 1.165) is 17.0 Å². The molecule has 0 bridgehead atoms. The second-order valence-electron chi connectivity index (χ2n) is 5.32. The summed E-state index contributed by atoms with van der Waals surface area (Å²) in [5.41, 5.74) is 0.293. The fourth-order valence-corrected chi connectivity index (χ4v) is 2.50. The van der Waals surface area contributed by atoms with Crippen LogP contribution in [-0.2, 0) is 15.0 Å². The fourth-order valence-electron chi connectivity index (χ4n) is 1.44. The van der Waals surface area contributed by atoms with Crippen LogP contribution in [0.25, 0.3) is 0 Å². The number of thiophene rings is 1. The van der Waals surface area contributed by atoms with Gasteiger partial charge in [-0.3, -0.25) is 9.59 Å². The van der Waals surface area contributed by atoms with E-state index in [9.17, 15) is 14.4 Å². The number of Topliss-reactive ketones (excluding diaryl/α,β-unsaturated/α-hetero) is 1. The first-order valence-electron chi connectivity index (χ1n) is 5.98. The van der Waals surface area contributed by atoms with Crippen molar-refractivity contribution in [3.63, 3.8) is 0 Å². The van der Waals surface area contributed by atoms with Crippen LogP contribution >= 0.6 is 11.3 Å². The molecule has 5 nitrogen and oxygen atoms in total. The summed E-state index contributed by atoms with van der Waals surface area (Å²) in [7, 11) is 0. The minimum absolute atomic E-state index is 0.130. The average molecular weight is 295 g/mol. The number of carboxylic acid groups (broad SMARTS) is 1. The normalized spacial score (nSPS) is 11.6. The van der Waals surface area contributed by atoms with E-state index >= 15 is 0 Å². The minimum Gasteiger partial charge on any atom is -0.478 e. The number of ketones is 1. The first kappa shape index (κ1) is 16.1. The highest BCUT2D eigenvalue weighted by Crippen LogP contribution is 2.35. The standard InChI is InChI=1S/C14H17NO4S/c1-8(16)13-9(7-10(20-13)14(2,3)4)15-11(17)5-6-12(18)19/h5-7H,1-4H3,(H,15,17)(H,18,19)/b6-5+. The number of hydrogen-bond acceptors (Lipinski definition) is 4. The predicted molar refractivity (Wildman–Crippen MR) is 78.4 cm³/mol. The molecule has 1 rings (SSSR count). The summed E-state index contributed by atoms with van der Waals surface area (Å²) in [5, 5.41) is 11.0. The molecule has 20 heavy (non-hydrogen) atoms. The molecule has 108 valence electrons. The van der Waals surface area contributed by atoms with Crippen molar-refractivity contribution in [2.24, 2.45) is 0 Å². The van der Waals surface area contributed by atoms with Crippen LogP contribution in [0.15, 0.2) is 18.2 Å². The van der Waals surface area contributed by atoms with E-state index < -0.39 is 11.9 Å². The largest absolute Gasteiger partial charge is 0.478 e. The summed E-state index contributed by atoms with van der Waals surface area (Å²) in [6, 6.07) is 1.76. The lowest BCUT2D eigenvalue weighted by Crippen LogP contribution is -2.11. The van der Waals surface area contributed by atoms with E-state index in [1.54, 1.807) is 6.07 Å². The highest BCUT2D eigenvalue weighted by Gasteiger charge is 2.22. The van der Waals surface area contributed by atoms with Crippen molar-refractivity contribution in [3.8, 4) is 0 Å². The van der Waals surface area contributed by atoms with Gasteiger partial charge in [0.25, 0.3) is 0 Å². The third-order valence-corrected chi connectivity index (χ3v) is 4.09. The Morgan fingerprint density at radius 2 is 1.85 bits per heavy atom. The van der Waals surface area contributed by atoms with Crippen LogP contribution in [-0.4, -0.2) is 22.8 Å². The molecule has 1 amide bonds. The van der Waals surface area contributed by atoms with Crippen LogP contribution in [0, 0.1) is 0 Å². The lowest BCUT2D eigenvalue weighted by molar-refractivity contribution is -0.131. The number of carbonyl (C=O) groups is 3. The van der Waals surface area contributed by atoms with Crippen molar-refractivity contribution in [1.29, 1.82) is 0 Å². The Morgan fingerprint density at radius 1 is 1.25 bits per heavy atom. The minimum atomic E-state index is -1.20. The number of anilines is 1. The molecule has 0 unspecified atom stereocenters. The zero-order chi connectivity index (χ0) is 15.5. The van der Waals surface area contributed by atoms with Gasteiger partial charge in [0.2, 0.25) is 5.91 Å². The van der Waals surface area contributed by atoms with Gasteiger partial charge >= 0.3 is 5.97 Å². The van der Waals surface area contributed by atoms with Gasteiger partial charge in [-0.2, -0.15) is 0 Å². The van der Waals surface area contributed by atoms with Crippen molar-refractivity contribution < 1.29 is 19.5 Å². The van der Waals surface area contributed by atoms with Gasteiger partial charge in [-0.25, -0.2) is 4.79 Å². The molecule has 2 N–H and O–H groups in total. The summed E-state index contributed by atoms with van der Waals surface area (Å²) < 4.78 is 0. The zero-order valence-corrected chi connectivity index (χ0v) is 12.6. The van der Waals surface area contributed by atoms with Gasteiger partial charge in [0.1, 0.15) is 0 Å². The van der Waals surface area contributed by atoms with Gasteiger partial charge < -0.3 is 10.4 Å². The third-order valence-electron chi connectivity index (χ3n) is 2.43. The molecule has 0 aliphatic heterocycles. The van der Waals surface area contributed by atoms with Gasteiger partial charge in [-0.1, -0.05) is 20.8 Å². The van der Waals surface area contributed by atoms with Crippen molar-refractivity contribution in [1.82, 2.24) is 0 Å². The smallest absolute Gasteiger partial charge is 0.328 e. The molecule has 0 fully saturated rings. The number of nitrogens with one attached hydrogen (secondary N) is 1. The molecule has 0 saturated heterocycles. The molecule has 0 spiro atoms. The number of rotatable bonds is 4. The Labute approximate surface area is 121 Å². The molecule has 1 aromatic heterocycles. The highest BCUT2D eigenvalue weighted by molar-refractivity contribution is 7.14. The van der Waals surface area contributed by atoms with Crippen LogP contribution in [0.1, 0.15) is 42.2 Å².